The van der Waals surface area contributed by atoms with E-state index in [1.807, 2.05) is 0 Å². The minimum Gasteiger partial charge on any atom is -0.461 e. The summed E-state index contributed by atoms with van der Waals surface area (Å²) in [6.45, 7) is 13.3. The van der Waals surface area contributed by atoms with Crippen molar-refractivity contribution < 1.29 is 19.0 Å². The zero-order chi connectivity index (χ0) is 13.9. The Labute approximate surface area is 109 Å². The molecule has 0 aromatic rings. The van der Waals surface area contributed by atoms with E-state index >= 15 is 0 Å². The maximum atomic E-state index is 11.4. The number of hydrogen-bond acceptors (Lipinski definition) is 4. The fourth-order valence-electron chi connectivity index (χ4n) is 1.21. The lowest BCUT2D eigenvalue weighted by atomic mass is 10.1. The average Bonchev–Trinajstić information content (AvgIpc) is 2.38. The molecular weight excluding hydrogens is 232 g/mol. The summed E-state index contributed by atoms with van der Waals surface area (Å²) >= 11 is 0. The van der Waals surface area contributed by atoms with Gasteiger partial charge in [0.15, 0.2) is 5.79 Å². The van der Waals surface area contributed by atoms with Crippen LogP contribution in [0.5, 0.6) is 0 Å². The van der Waals surface area contributed by atoms with Crippen LogP contribution in [0.4, 0.5) is 0 Å². The van der Waals surface area contributed by atoms with Gasteiger partial charge in [0.05, 0.1) is 19.6 Å². The second kappa shape index (κ2) is 9.62. The molecule has 0 heterocycles. The number of carbonyl (C=O) groups excluding carboxylic acids is 1. The second-order valence-corrected chi connectivity index (χ2v) is 3.80. The van der Waals surface area contributed by atoms with Crippen molar-refractivity contribution in [1.29, 1.82) is 0 Å². The van der Waals surface area contributed by atoms with Crippen molar-refractivity contribution in [2.75, 3.05) is 19.8 Å². The Morgan fingerprint density at radius 3 is 2.00 bits per heavy atom. The van der Waals surface area contributed by atoms with Gasteiger partial charge in [0.1, 0.15) is 6.61 Å². The van der Waals surface area contributed by atoms with E-state index in [0.29, 0.717) is 19.6 Å². The molecule has 0 aromatic carbocycles. The Morgan fingerprint density at radius 1 is 1.06 bits per heavy atom. The minimum absolute atomic E-state index is 0.219. The van der Waals surface area contributed by atoms with Gasteiger partial charge in [0, 0.05) is 6.42 Å². The Hall–Kier alpha value is -1.39. The first-order valence-corrected chi connectivity index (χ1v) is 5.84. The van der Waals surface area contributed by atoms with Crippen LogP contribution in [0.3, 0.4) is 0 Å². The molecule has 0 amide bonds. The van der Waals surface area contributed by atoms with Crippen molar-refractivity contribution in [2.24, 2.45) is 0 Å². The van der Waals surface area contributed by atoms with Gasteiger partial charge in [-0.2, -0.15) is 0 Å². The molecule has 0 aliphatic heterocycles. The predicted octanol–water partition coefficient (Wildman–Crippen LogP) is 2.62. The van der Waals surface area contributed by atoms with Crippen molar-refractivity contribution >= 4 is 5.97 Å². The van der Waals surface area contributed by atoms with Crippen molar-refractivity contribution in [3.05, 3.63) is 38.0 Å². The van der Waals surface area contributed by atoms with Gasteiger partial charge >= 0.3 is 5.97 Å². The molecule has 0 saturated carbocycles. The number of rotatable bonds is 11. The number of hydrogen-bond donors (Lipinski definition) is 0. The zero-order valence-corrected chi connectivity index (χ0v) is 11.0. The lowest BCUT2D eigenvalue weighted by Gasteiger charge is -2.28. The van der Waals surface area contributed by atoms with E-state index in [-0.39, 0.29) is 19.0 Å². The van der Waals surface area contributed by atoms with Gasteiger partial charge in [-0.3, -0.25) is 4.79 Å². The Bertz CT molecular complexity index is 272. The van der Waals surface area contributed by atoms with Crippen LogP contribution < -0.4 is 0 Å². The molecule has 0 aliphatic rings. The van der Waals surface area contributed by atoms with Gasteiger partial charge in [0.25, 0.3) is 0 Å². The van der Waals surface area contributed by atoms with Gasteiger partial charge in [0.2, 0.25) is 0 Å². The van der Waals surface area contributed by atoms with Crippen LogP contribution in [0, 0.1) is 0 Å². The summed E-state index contributed by atoms with van der Waals surface area (Å²) in [6, 6.07) is 0. The lowest BCUT2D eigenvalue weighted by Crippen LogP contribution is -2.33. The molecule has 0 atom stereocenters. The van der Waals surface area contributed by atoms with Crippen LogP contribution in [0.15, 0.2) is 38.0 Å². The summed E-state index contributed by atoms with van der Waals surface area (Å²) in [6.07, 6.45) is 5.42. The van der Waals surface area contributed by atoms with Crippen LogP contribution in [0.2, 0.25) is 0 Å². The highest BCUT2D eigenvalue weighted by Crippen LogP contribution is 2.20. The van der Waals surface area contributed by atoms with Crippen molar-refractivity contribution in [2.45, 2.75) is 25.6 Å². The van der Waals surface area contributed by atoms with Gasteiger partial charge in [-0.1, -0.05) is 24.8 Å². The van der Waals surface area contributed by atoms with E-state index in [1.165, 1.54) is 6.08 Å². The van der Waals surface area contributed by atoms with Crippen LogP contribution in [0.25, 0.3) is 0 Å². The Balaban J connectivity index is 4.20. The fraction of sp³-hybridized carbons (Fsp3) is 0.500. The summed E-state index contributed by atoms with van der Waals surface area (Å²) in [7, 11) is 0. The number of esters is 1. The zero-order valence-electron chi connectivity index (χ0n) is 11.0. The highest BCUT2D eigenvalue weighted by molar-refractivity contribution is 5.69. The summed E-state index contributed by atoms with van der Waals surface area (Å²) in [5.74, 6) is -1.14. The molecule has 18 heavy (non-hydrogen) atoms. The van der Waals surface area contributed by atoms with E-state index in [2.05, 4.69) is 19.7 Å². The molecule has 0 bridgehead atoms. The second-order valence-electron chi connectivity index (χ2n) is 3.80. The molecule has 102 valence electrons. The average molecular weight is 254 g/mol. The van der Waals surface area contributed by atoms with Crippen LogP contribution in [0.1, 0.15) is 19.8 Å². The highest BCUT2D eigenvalue weighted by atomic mass is 16.7. The monoisotopic (exact) mass is 254 g/mol. The summed E-state index contributed by atoms with van der Waals surface area (Å²) in [5.41, 5.74) is 0. The third kappa shape index (κ3) is 7.81. The molecule has 0 saturated heterocycles. The lowest BCUT2D eigenvalue weighted by molar-refractivity contribution is -0.219. The minimum atomic E-state index is -0.838. The number of ether oxygens (including phenoxy) is 3. The van der Waals surface area contributed by atoms with E-state index in [0.717, 1.165) is 0 Å². The van der Waals surface area contributed by atoms with E-state index in [1.54, 1.807) is 19.1 Å². The summed E-state index contributed by atoms with van der Waals surface area (Å²) < 4.78 is 15.9. The maximum absolute atomic E-state index is 11.4. The largest absolute Gasteiger partial charge is 0.461 e. The fourth-order valence-corrected chi connectivity index (χ4v) is 1.21. The molecule has 4 heteroatoms. The molecule has 0 fully saturated rings. The SMILES string of the molecule is C=CCOC(=O)CCC(C)(OCC=C)OCC=C. The molecule has 4 nitrogen and oxygen atoms in total. The third-order valence-corrected chi connectivity index (χ3v) is 2.16. The topological polar surface area (TPSA) is 44.8 Å². The van der Waals surface area contributed by atoms with Gasteiger partial charge in [-0.15, -0.1) is 13.2 Å². The van der Waals surface area contributed by atoms with E-state index in [4.69, 9.17) is 14.2 Å². The Morgan fingerprint density at radius 2 is 1.56 bits per heavy atom. The highest BCUT2D eigenvalue weighted by Gasteiger charge is 2.26. The first-order valence-electron chi connectivity index (χ1n) is 5.84. The van der Waals surface area contributed by atoms with E-state index in [9.17, 15) is 4.79 Å². The van der Waals surface area contributed by atoms with Gasteiger partial charge < -0.3 is 14.2 Å². The molecule has 0 rings (SSSR count). The molecule has 0 radical (unpaired) electrons. The first kappa shape index (κ1) is 16.6. The normalized spacial score (nSPS) is 10.7. The van der Waals surface area contributed by atoms with Crippen molar-refractivity contribution in [3.63, 3.8) is 0 Å². The first-order chi connectivity index (χ1) is 8.58. The Kier molecular flexibility index (Phi) is 8.88. The van der Waals surface area contributed by atoms with E-state index < -0.39 is 5.79 Å². The quantitative estimate of drug-likeness (QED) is 0.323. The van der Waals surface area contributed by atoms with Gasteiger partial charge in [-0.05, 0) is 6.92 Å². The van der Waals surface area contributed by atoms with Crippen molar-refractivity contribution in [3.8, 4) is 0 Å². The number of carbonyl (C=O) groups is 1. The van der Waals surface area contributed by atoms with Gasteiger partial charge in [-0.25, -0.2) is 0 Å². The molecule has 0 N–H and O–H groups in total. The predicted molar refractivity (Wildman–Crippen MR) is 71.1 cm³/mol. The molecule has 0 unspecified atom stereocenters. The summed E-state index contributed by atoms with van der Waals surface area (Å²) in [5, 5.41) is 0. The van der Waals surface area contributed by atoms with Crippen LogP contribution in [-0.2, 0) is 19.0 Å². The maximum Gasteiger partial charge on any atom is 0.306 e. The summed E-state index contributed by atoms with van der Waals surface area (Å²) in [4.78, 5) is 11.4. The molecule has 0 spiro atoms. The molecule has 0 aliphatic carbocycles. The van der Waals surface area contributed by atoms with Crippen molar-refractivity contribution in [1.82, 2.24) is 0 Å². The van der Waals surface area contributed by atoms with Crippen LogP contribution in [-0.4, -0.2) is 31.6 Å². The van der Waals surface area contributed by atoms with Crippen LogP contribution >= 0.6 is 0 Å². The molecular formula is C14H22O4. The standard InChI is InChI=1S/C14H22O4/c1-5-10-16-13(15)8-9-14(4,17-11-6-2)18-12-7-3/h5-7H,1-3,8-12H2,4H3. The third-order valence-electron chi connectivity index (χ3n) is 2.16. The molecule has 0 aromatic heterocycles. The smallest absolute Gasteiger partial charge is 0.306 e.